The van der Waals surface area contributed by atoms with E-state index < -0.39 is 0 Å². The van der Waals surface area contributed by atoms with Crippen LogP contribution in [-0.2, 0) is 17.8 Å². The SMILES string of the molecule is Cc1ccc(CCCC(=O)N(Cc2ccccn2)C2CCCNCC2)s1. The maximum Gasteiger partial charge on any atom is 0.223 e. The number of thiophene rings is 1. The molecule has 4 nitrogen and oxygen atoms in total. The summed E-state index contributed by atoms with van der Waals surface area (Å²) < 4.78 is 0. The normalized spacial score (nSPS) is 17.7. The van der Waals surface area contributed by atoms with E-state index in [4.69, 9.17) is 0 Å². The van der Waals surface area contributed by atoms with Gasteiger partial charge in [-0.25, -0.2) is 0 Å². The summed E-state index contributed by atoms with van der Waals surface area (Å²) in [5.74, 6) is 0.274. The summed E-state index contributed by atoms with van der Waals surface area (Å²) in [6.07, 6.45) is 7.58. The van der Waals surface area contributed by atoms with Gasteiger partial charge in [-0.1, -0.05) is 6.07 Å². The van der Waals surface area contributed by atoms with Crippen LogP contribution in [0.4, 0.5) is 0 Å². The van der Waals surface area contributed by atoms with E-state index in [1.807, 2.05) is 35.7 Å². The first-order valence-electron chi connectivity index (χ1n) is 9.68. The molecule has 1 saturated heterocycles. The number of aromatic nitrogens is 1. The second-order valence-corrected chi connectivity index (χ2v) is 8.42. The molecule has 0 aromatic carbocycles. The molecule has 0 spiro atoms. The zero-order valence-corrected chi connectivity index (χ0v) is 16.4. The lowest BCUT2D eigenvalue weighted by molar-refractivity contribution is -0.134. The van der Waals surface area contributed by atoms with Crippen molar-refractivity contribution in [1.29, 1.82) is 0 Å². The van der Waals surface area contributed by atoms with Crippen molar-refractivity contribution in [3.05, 3.63) is 52.0 Å². The highest BCUT2D eigenvalue weighted by Gasteiger charge is 2.24. The van der Waals surface area contributed by atoms with E-state index in [1.165, 1.54) is 9.75 Å². The van der Waals surface area contributed by atoms with Crippen LogP contribution in [0.1, 0.15) is 47.6 Å². The molecule has 0 saturated carbocycles. The molecule has 1 atom stereocenters. The monoisotopic (exact) mass is 371 g/mol. The molecule has 3 heterocycles. The molecular weight excluding hydrogens is 342 g/mol. The summed E-state index contributed by atoms with van der Waals surface area (Å²) in [5, 5.41) is 3.45. The summed E-state index contributed by atoms with van der Waals surface area (Å²) in [7, 11) is 0. The molecule has 0 radical (unpaired) electrons. The lowest BCUT2D eigenvalue weighted by Gasteiger charge is -2.31. The van der Waals surface area contributed by atoms with Crippen LogP contribution in [0.5, 0.6) is 0 Å². The topological polar surface area (TPSA) is 45.2 Å². The van der Waals surface area contributed by atoms with Crippen LogP contribution in [0.25, 0.3) is 0 Å². The minimum atomic E-state index is 0.274. The number of aryl methyl sites for hydroxylation is 2. The summed E-state index contributed by atoms with van der Waals surface area (Å²) in [5.41, 5.74) is 0.979. The predicted molar refractivity (Wildman–Crippen MR) is 107 cm³/mol. The Bertz CT molecular complexity index is 678. The lowest BCUT2D eigenvalue weighted by Crippen LogP contribution is -2.40. The van der Waals surface area contributed by atoms with Crippen molar-refractivity contribution in [2.24, 2.45) is 0 Å². The molecule has 1 unspecified atom stereocenters. The molecule has 0 bridgehead atoms. The fourth-order valence-corrected chi connectivity index (χ4v) is 4.51. The lowest BCUT2D eigenvalue weighted by atomic mass is 10.1. The third-order valence-electron chi connectivity index (χ3n) is 4.97. The number of carbonyl (C=O) groups excluding carboxylic acids is 1. The van der Waals surface area contributed by atoms with Crippen molar-refractivity contribution in [1.82, 2.24) is 15.2 Å². The van der Waals surface area contributed by atoms with E-state index in [0.29, 0.717) is 19.0 Å². The van der Waals surface area contributed by atoms with Gasteiger partial charge in [-0.15, -0.1) is 11.3 Å². The molecule has 1 aliphatic rings. The van der Waals surface area contributed by atoms with Crippen LogP contribution in [0.2, 0.25) is 0 Å². The number of amides is 1. The number of pyridine rings is 1. The van der Waals surface area contributed by atoms with Gasteiger partial charge >= 0.3 is 0 Å². The van der Waals surface area contributed by atoms with E-state index in [-0.39, 0.29) is 5.91 Å². The zero-order chi connectivity index (χ0) is 18.2. The minimum Gasteiger partial charge on any atom is -0.334 e. The van der Waals surface area contributed by atoms with E-state index in [2.05, 4.69) is 34.3 Å². The van der Waals surface area contributed by atoms with Crippen molar-refractivity contribution in [2.75, 3.05) is 13.1 Å². The number of nitrogens with one attached hydrogen (secondary N) is 1. The highest BCUT2D eigenvalue weighted by molar-refractivity contribution is 7.11. The average Bonchev–Trinajstić information content (AvgIpc) is 2.90. The number of hydrogen-bond donors (Lipinski definition) is 1. The molecule has 1 fully saturated rings. The van der Waals surface area contributed by atoms with Gasteiger partial charge in [0.15, 0.2) is 0 Å². The Morgan fingerprint density at radius 3 is 2.96 bits per heavy atom. The predicted octanol–water partition coefficient (Wildman–Crippen LogP) is 3.95. The Morgan fingerprint density at radius 2 is 2.19 bits per heavy atom. The Kier molecular flexibility index (Phi) is 7.21. The maximum absolute atomic E-state index is 13.0. The third-order valence-corrected chi connectivity index (χ3v) is 6.04. The van der Waals surface area contributed by atoms with E-state index in [9.17, 15) is 4.79 Å². The minimum absolute atomic E-state index is 0.274. The summed E-state index contributed by atoms with van der Waals surface area (Å²) in [4.78, 5) is 22.3. The zero-order valence-electron chi connectivity index (χ0n) is 15.6. The second-order valence-electron chi connectivity index (χ2n) is 7.04. The van der Waals surface area contributed by atoms with Crippen molar-refractivity contribution in [2.45, 2.75) is 58.0 Å². The highest BCUT2D eigenvalue weighted by atomic mass is 32.1. The van der Waals surface area contributed by atoms with Crippen LogP contribution >= 0.6 is 11.3 Å². The molecule has 2 aromatic rings. The fourth-order valence-electron chi connectivity index (χ4n) is 3.58. The Morgan fingerprint density at radius 1 is 1.27 bits per heavy atom. The first-order valence-corrected chi connectivity index (χ1v) is 10.5. The standard InChI is InChI=1S/C21H29N3OS/c1-17-10-11-20(26-17)8-4-9-21(25)24(16-18-6-2-3-14-23-18)19-7-5-13-22-15-12-19/h2-3,6,10-11,14,19,22H,4-5,7-9,12-13,15-16H2,1H3. The van der Waals surface area contributed by atoms with Gasteiger partial charge in [0.25, 0.3) is 0 Å². The molecule has 1 N–H and O–H groups in total. The third kappa shape index (κ3) is 5.64. The van der Waals surface area contributed by atoms with Gasteiger partial charge in [0.2, 0.25) is 5.91 Å². The number of hydrogen-bond acceptors (Lipinski definition) is 4. The molecule has 140 valence electrons. The molecule has 0 aliphatic carbocycles. The molecule has 3 rings (SSSR count). The van der Waals surface area contributed by atoms with Crippen LogP contribution in [0.3, 0.4) is 0 Å². The van der Waals surface area contributed by atoms with Crippen LogP contribution in [-0.4, -0.2) is 34.9 Å². The van der Waals surface area contributed by atoms with Crippen molar-refractivity contribution >= 4 is 17.2 Å². The van der Waals surface area contributed by atoms with Crippen LogP contribution in [0.15, 0.2) is 36.5 Å². The average molecular weight is 372 g/mol. The fraction of sp³-hybridized carbons (Fsp3) is 0.524. The van der Waals surface area contributed by atoms with Gasteiger partial charge in [-0.3, -0.25) is 9.78 Å². The summed E-state index contributed by atoms with van der Waals surface area (Å²) >= 11 is 1.84. The van der Waals surface area contributed by atoms with E-state index in [0.717, 1.165) is 50.9 Å². The first-order chi connectivity index (χ1) is 12.7. The van der Waals surface area contributed by atoms with Crippen LogP contribution < -0.4 is 5.32 Å². The maximum atomic E-state index is 13.0. The van der Waals surface area contributed by atoms with Crippen LogP contribution in [0, 0.1) is 6.92 Å². The largest absolute Gasteiger partial charge is 0.334 e. The number of carbonyl (C=O) groups is 1. The quantitative estimate of drug-likeness (QED) is 0.802. The molecule has 5 heteroatoms. The van der Waals surface area contributed by atoms with Crippen molar-refractivity contribution < 1.29 is 4.79 Å². The smallest absolute Gasteiger partial charge is 0.223 e. The van der Waals surface area contributed by atoms with Gasteiger partial charge in [0.05, 0.1) is 12.2 Å². The van der Waals surface area contributed by atoms with E-state index >= 15 is 0 Å². The second kappa shape index (κ2) is 9.83. The van der Waals surface area contributed by atoms with Gasteiger partial charge in [0.1, 0.15) is 0 Å². The van der Waals surface area contributed by atoms with Gasteiger partial charge in [-0.2, -0.15) is 0 Å². The molecule has 1 amide bonds. The molecule has 2 aromatic heterocycles. The van der Waals surface area contributed by atoms with Crippen molar-refractivity contribution in [3.8, 4) is 0 Å². The Hall–Kier alpha value is -1.72. The van der Waals surface area contributed by atoms with E-state index in [1.54, 1.807) is 0 Å². The van der Waals surface area contributed by atoms with Crippen molar-refractivity contribution in [3.63, 3.8) is 0 Å². The Labute approximate surface area is 160 Å². The molecular formula is C21H29N3OS. The molecule has 26 heavy (non-hydrogen) atoms. The highest BCUT2D eigenvalue weighted by Crippen LogP contribution is 2.20. The van der Waals surface area contributed by atoms with Gasteiger partial charge < -0.3 is 10.2 Å². The molecule has 1 aliphatic heterocycles. The van der Waals surface area contributed by atoms with Gasteiger partial charge in [-0.05, 0) is 76.4 Å². The Balaban J connectivity index is 1.61. The first kappa shape index (κ1) is 19.1. The summed E-state index contributed by atoms with van der Waals surface area (Å²) in [6, 6.07) is 10.6. The summed E-state index contributed by atoms with van der Waals surface area (Å²) in [6.45, 7) is 4.81. The van der Waals surface area contributed by atoms with Gasteiger partial charge in [0, 0.05) is 28.4 Å². The number of rotatable bonds is 7. The number of nitrogens with zero attached hydrogens (tertiary/aromatic N) is 2.